The van der Waals surface area contributed by atoms with E-state index in [9.17, 15) is 15.0 Å². The van der Waals surface area contributed by atoms with E-state index >= 15 is 0 Å². The van der Waals surface area contributed by atoms with Crippen LogP contribution in [-0.4, -0.2) is 20.0 Å². The molecule has 0 spiro atoms. The molecule has 0 saturated heterocycles. The van der Waals surface area contributed by atoms with E-state index in [0.29, 0.717) is 32.6 Å². The summed E-state index contributed by atoms with van der Waals surface area (Å²) in [6, 6.07) is 8.82. The van der Waals surface area contributed by atoms with Gasteiger partial charge in [0.1, 0.15) is 0 Å². The van der Waals surface area contributed by atoms with Gasteiger partial charge in [0.15, 0.2) is 0 Å². The first kappa shape index (κ1) is 18.6. The van der Waals surface area contributed by atoms with Gasteiger partial charge >= 0.3 is 0 Å². The molecule has 0 aliphatic carbocycles. The van der Waals surface area contributed by atoms with Crippen molar-refractivity contribution in [1.82, 2.24) is 9.78 Å². The molecule has 0 unspecified atom stereocenters. The maximum atomic E-state index is 13.1. The summed E-state index contributed by atoms with van der Waals surface area (Å²) in [6.07, 6.45) is 1.60. The Kier molecular flexibility index (Phi) is 4.88. The average molecular weight is 373 g/mol. The molecule has 26 heavy (non-hydrogen) atoms. The van der Waals surface area contributed by atoms with Crippen molar-refractivity contribution in [3.63, 3.8) is 0 Å². The SMILES string of the molecule is CC(C)(C)c1cc(CO)c2c(=O)n(-c3cccc(Cl)c3CO)ncc2c1. The number of rotatable bonds is 3. The summed E-state index contributed by atoms with van der Waals surface area (Å²) >= 11 is 6.14. The van der Waals surface area contributed by atoms with Gasteiger partial charge in [-0.3, -0.25) is 4.79 Å². The van der Waals surface area contributed by atoms with Crippen LogP contribution in [0.1, 0.15) is 37.5 Å². The van der Waals surface area contributed by atoms with Gasteiger partial charge in [0.05, 0.1) is 30.5 Å². The van der Waals surface area contributed by atoms with Crippen molar-refractivity contribution in [2.45, 2.75) is 39.4 Å². The molecule has 0 amide bonds. The minimum atomic E-state index is -0.357. The van der Waals surface area contributed by atoms with Crippen molar-refractivity contribution in [2.24, 2.45) is 0 Å². The Bertz CT molecular complexity index is 1040. The Morgan fingerprint density at radius 1 is 1.15 bits per heavy atom. The van der Waals surface area contributed by atoms with Crippen molar-refractivity contribution in [1.29, 1.82) is 0 Å². The number of halogens is 1. The third kappa shape index (κ3) is 3.14. The molecule has 3 aromatic rings. The smallest absolute Gasteiger partial charge is 0.279 e. The number of aliphatic hydroxyl groups excluding tert-OH is 2. The Morgan fingerprint density at radius 3 is 2.50 bits per heavy atom. The van der Waals surface area contributed by atoms with Crippen LogP contribution in [0.5, 0.6) is 0 Å². The average Bonchev–Trinajstić information content (AvgIpc) is 2.60. The molecule has 0 saturated carbocycles. The number of hydrogen-bond acceptors (Lipinski definition) is 4. The predicted molar refractivity (Wildman–Crippen MR) is 103 cm³/mol. The normalized spacial score (nSPS) is 11.9. The van der Waals surface area contributed by atoms with Gasteiger partial charge in [-0.05, 0) is 34.7 Å². The molecule has 2 aromatic carbocycles. The number of hydrogen-bond donors (Lipinski definition) is 2. The van der Waals surface area contributed by atoms with Crippen molar-refractivity contribution in [3.8, 4) is 5.69 Å². The first-order valence-electron chi connectivity index (χ1n) is 8.33. The second-order valence-electron chi connectivity index (χ2n) is 7.26. The van der Waals surface area contributed by atoms with Gasteiger partial charge in [-0.15, -0.1) is 0 Å². The zero-order valence-electron chi connectivity index (χ0n) is 15.0. The van der Waals surface area contributed by atoms with Crippen LogP contribution in [-0.2, 0) is 18.6 Å². The summed E-state index contributed by atoms with van der Waals surface area (Å²) in [4.78, 5) is 13.1. The molecule has 0 fully saturated rings. The lowest BCUT2D eigenvalue weighted by atomic mass is 9.85. The zero-order valence-corrected chi connectivity index (χ0v) is 15.7. The molecule has 0 bridgehead atoms. The molecule has 0 aliphatic heterocycles. The maximum absolute atomic E-state index is 13.1. The lowest BCUT2D eigenvalue weighted by molar-refractivity contribution is 0.281. The van der Waals surface area contributed by atoms with E-state index in [0.717, 1.165) is 5.56 Å². The molecule has 6 heteroatoms. The highest BCUT2D eigenvalue weighted by molar-refractivity contribution is 6.31. The summed E-state index contributed by atoms with van der Waals surface area (Å²) in [5, 5.41) is 25.2. The minimum Gasteiger partial charge on any atom is -0.392 e. The molecule has 0 aliphatic rings. The van der Waals surface area contributed by atoms with Gasteiger partial charge in [0, 0.05) is 16.0 Å². The van der Waals surface area contributed by atoms with Crippen LogP contribution in [0.4, 0.5) is 0 Å². The van der Waals surface area contributed by atoms with Crippen LogP contribution in [0.2, 0.25) is 5.02 Å². The lowest BCUT2D eigenvalue weighted by Gasteiger charge is -2.21. The van der Waals surface area contributed by atoms with E-state index < -0.39 is 0 Å². The van der Waals surface area contributed by atoms with Crippen molar-refractivity contribution in [3.05, 3.63) is 68.6 Å². The molecule has 0 radical (unpaired) electrons. The molecule has 0 atom stereocenters. The van der Waals surface area contributed by atoms with E-state index in [2.05, 4.69) is 25.9 Å². The summed E-state index contributed by atoms with van der Waals surface area (Å²) < 4.78 is 1.22. The van der Waals surface area contributed by atoms with Crippen molar-refractivity contribution < 1.29 is 10.2 Å². The predicted octanol–water partition coefficient (Wildman–Crippen LogP) is 3.32. The lowest BCUT2D eigenvalue weighted by Crippen LogP contribution is -2.24. The van der Waals surface area contributed by atoms with Crippen LogP contribution >= 0.6 is 11.6 Å². The van der Waals surface area contributed by atoms with Gasteiger partial charge in [-0.2, -0.15) is 9.78 Å². The van der Waals surface area contributed by atoms with Gasteiger partial charge in [0.25, 0.3) is 5.56 Å². The second-order valence-corrected chi connectivity index (χ2v) is 7.67. The molecule has 5 nitrogen and oxygen atoms in total. The highest BCUT2D eigenvalue weighted by Crippen LogP contribution is 2.28. The van der Waals surface area contributed by atoms with Crippen LogP contribution in [0, 0.1) is 0 Å². The standard InChI is InChI=1S/C20H21ClN2O3/c1-20(2,3)14-7-12-9-22-23(19(26)18(12)13(8-14)10-24)17-6-4-5-16(21)15(17)11-25/h4-9,24-25H,10-11H2,1-3H3. The van der Waals surface area contributed by atoms with Crippen LogP contribution in [0.15, 0.2) is 41.3 Å². The van der Waals surface area contributed by atoms with E-state index in [4.69, 9.17) is 11.6 Å². The van der Waals surface area contributed by atoms with Crippen molar-refractivity contribution in [2.75, 3.05) is 0 Å². The number of aliphatic hydroxyl groups is 2. The summed E-state index contributed by atoms with van der Waals surface area (Å²) in [5.41, 5.74) is 1.96. The molecule has 3 rings (SSSR count). The third-order valence-corrected chi connectivity index (χ3v) is 4.84. The summed E-state index contributed by atoms with van der Waals surface area (Å²) in [6.45, 7) is 5.66. The fraction of sp³-hybridized carbons (Fsp3) is 0.300. The third-order valence-electron chi connectivity index (χ3n) is 4.49. The zero-order chi connectivity index (χ0) is 19.1. The minimum absolute atomic E-state index is 0.121. The Hall–Kier alpha value is -2.21. The fourth-order valence-electron chi connectivity index (χ4n) is 3.00. The summed E-state index contributed by atoms with van der Waals surface area (Å²) in [5.74, 6) is 0. The van der Waals surface area contributed by atoms with Crippen LogP contribution in [0.3, 0.4) is 0 Å². The fourth-order valence-corrected chi connectivity index (χ4v) is 3.23. The van der Waals surface area contributed by atoms with E-state index in [1.165, 1.54) is 4.68 Å². The van der Waals surface area contributed by atoms with Crippen LogP contribution < -0.4 is 5.56 Å². The van der Waals surface area contributed by atoms with E-state index in [1.807, 2.05) is 12.1 Å². The highest BCUT2D eigenvalue weighted by atomic mass is 35.5. The number of fused-ring (bicyclic) bond motifs is 1. The number of aromatic nitrogens is 2. The number of nitrogens with zero attached hydrogens (tertiary/aromatic N) is 2. The van der Waals surface area contributed by atoms with Crippen LogP contribution in [0.25, 0.3) is 16.5 Å². The molecule has 2 N–H and O–H groups in total. The summed E-state index contributed by atoms with van der Waals surface area (Å²) in [7, 11) is 0. The first-order chi connectivity index (χ1) is 12.3. The molecule has 1 heterocycles. The van der Waals surface area contributed by atoms with Gasteiger partial charge in [-0.1, -0.05) is 44.5 Å². The Labute approximate surface area is 156 Å². The Morgan fingerprint density at radius 2 is 1.88 bits per heavy atom. The topological polar surface area (TPSA) is 75.3 Å². The monoisotopic (exact) mass is 372 g/mol. The maximum Gasteiger partial charge on any atom is 0.279 e. The number of benzene rings is 2. The molecular weight excluding hydrogens is 352 g/mol. The van der Waals surface area contributed by atoms with Gasteiger partial charge in [0.2, 0.25) is 0 Å². The van der Waals surface area contributed by atoms with E-state index in [-0.39, 0.29) is 24.2 Å². The quantitative estimate of drug-likeness (QED) is 0.739. The molecule has 1 aromatic heterocycles. The molecular formula is C20H21ClN2O3. The van der Waals surface area contributed by atoms with E-state index in [1.54, 1.807) is 24.4 Å². The highest BCUT2D eigenvalue weighted by Gasteiger charge is 2.19. The molecule has 136 valence electrons. The largest absolute Gasteiger partial charge is 0.392 e. The first-order valence-corrected chi connectivity index (χ1v) is 8.70. The second kappa shape index (κ2) is 6.83. The van der Waals surface area contributed by atoms with Crippen molar-refractivity contribution >= 4 is 22.4 Å². The van der Waals surface area contributed by atoms with Gasteiger partial charge in [-0.25, -0.2) is 0 Å². The Balaban J connectivity index is 2.34. The van der Waals surface area contributed by atoms with Gasteiger partial charge < -0.3 is 10.2 Å².